The minimum atomic E-state index is 0.568. The molecule has 2 aromatic rings. The van der Waals surface area contributed by atoms with Crippen LogP contribution >= 0.6 is 0 Å². The summed E-state index contributed by atoms with van der Waals surface area (Å²) in [5, 5.41) is 0. The first-order chi connectivity index (χ1) is 10.7. The minimum Gasteiger partial charge on any atom is -0.492 e. The van der Waals surface area contributed by atoms with Crippen LogP contribution in [0.25, 0.3) is 11.1 Å². The van der Waals surface area contributed by atoms with E-state index in [1.165, 1.54) is 11.1 Å². The third-order valence-electron chi connectivity index (χ3n) is 3.64. The van der Waals surface area contributed by atoms with Gasteiger partial charge in [-0.05, 0) is 49.3 Å². The average molecular weight is 297 g/mol. The highest BCUT2D eigenvalue weighted by atomic mass is 16.5. The quantitative estimate of drug-likeness (QED) is 0.730. The van der Waals surface area contributed by atoms with Crippen LogP contribution in [0.1, 0.15) is 22.8 Å². The van der Waals surface area contributed by atoms with Crippen LogP contribution in [0.15, 0.2) is 42.5 Å². The van der Waals surface area contributed by atoms with E-state index in [9.17, 15) is 4.79 Å². The molecule has 0 unspecified atom stereocenters. The fraction of sp³-hybridized carbons (Fsp3) is 0.316. The van der Waals surface area contributed by atoms with Gasteiger partial charge in [-0.3, -0.25) is 4.79 Å². The van der Waals surface area contributed by atoms with Crippen LogP contribution in [-0.4, -0.2) is 38.4 Å². The second kappa shape index (κ2) is 7.76. The number of aldehydes is 1. The van der Waals surface area contributed by atoms with Gasteiger partial charge < -0.3 is 9.64 Å². The van der Waals surface area contributed by atoms with Crippen molar-refractivity contribution in [3.05, 3.63) is 53.6 Å². The summed E-state index contributed by atoms with van der Waals surface area (Å²) in [4.78, 5) is 13.4. The molecule has 0 radical (unpaired) electrons. The van der Waals surface area contributed by atoms with Crippen LogP contribution in [0.3, 0.4) is 0 Å². The van der Waals surface area contributed by atoms with Crippen molar-refractivity contribution in [2.24, 2.45) is 0 Å². The first kappa shape index (κ1) is 16.2. The molecule has 0 bridgehead atoms. The summed E-state index contributed by atoms with van der Waals surface area (Å²) in [6.45, 7) is 3.52. The zero-order valence-corrected chi connectivity index (χ0v) is 13.5. The maximum absolute atomic E-state index is 11.4. The van der Waals surface area contributed by atoms with Crippen molar-refractivity contribution in [1.29, 1.82) is 0 Å². The van der Waals surface area contributed by atoms with Gasteiger partial charge in [-0.1, -0.05) is 37.3 Å². The molecule has 0 amide bonds. The summed E-state index contributed by atoms with van der Waals surface area (Å²) in [7, 11) is 3.99. The Labute approximate surface area is 132 Å². The lowest BCUT2D eigenvalue weighted by molar-refractivity contribution is 0.111. The highest BCUT2D eigenvalue weighted by Gasteiger charge is 2.08. The van der Waals surface area contributed by atoms with Crippen molar-refractivity contribution >= 4 is 6.29 Å². The van der Waals surface area contributed by atoms with E-state index in [2.05, 4.69) is 19.1 Å². The van der Waals surface area contributed by atoms with Gasteiger partial charge in [0.1, 0.15) is 12.4 Å². The largest absolute Gasteiger partial charge is 0.492 e. The normalized spacial score (nSPS) is 10.7. The van der Waals surface area contributed by atoms with Crippen LogP contribution in [0, 0.1) is 0 Å². The fourth-order valence-corrected chi connectivity index (χ4v) is 2.39. The Kier molecular flexibility index (Phi) is 5.73. The number of carbonyl (C=O) groups is 1. The maximum atomic E-state index is 11.4. The Hall–Kier alpha value is -2.13. The second-order valence-electron chi connectivity index (χ2n) is 5.53. The van der Waals surface area contributed by atoms with E-state index < -0.39 is 0 Å². The predicted molar refractivity (Wildman–Crippen MR) is 90.7 cm³/mol. The molecule has 0 aromatic heterocycles. The van der Waals surface area contributed by atoms with E-state index in [-0.39, 0.29) is 0 Å². The molecule has 0 saturated carbocycles. The Morgan fingerprint density at radius 3 is 2.59 bits per heavy atom. The number of rotatable bonds is 7. The molecule has 0 aliphatic rings. The first-order valence-corrected chi connectivity index (χ1v) is 7.60. The highest BCUT2D eigenvalue weighted by molar-refractivity contribution is 5.83. The molecule has 0 N–H and O–H groups in total. The SMILES string of the molecule is CCc1ccccc1-c1ccc(OCCN(C)C)c(C=O)c1. The Bertz CT molecular complexity index is 635. The average Bonchev–Trinajstić information content (AvgIpc) is 2.54. The molecule has 2 aromatic carbocycles. The van der Waals surface area contributed by atoms with E-state index in [0.717, 1.165) is 24.8 Å². The van der Waals surface area contributed by atoms with Crippen LogP contribution in [0.4, 0.5) is 0 Å². The molecule has 3 heteroatoms. The number of benzene rings is 2. The van der Waals surface area contributed by atoms with Crippen molar-refractivity contribution < 1.29 is 9.53 Å². The van der Waals surface area contributed by atoms with Crippen molar-refractivity contribution in [3.8, 4) is 16.9 Å². The summed E-state index contributed by atoms with van der Waals surface area (Å²) in [5.74, 6) is 0.648. The number of carbonyl (C=O) groups excluding carboxylic acids is 1. The molecule has 0 aliphatic heterocycles. The summed E-state index contributed by atoms with van der Waals surface area (Å²) in [6, 6.07) is 14.1. The van der Waals surface area contributed by atoms with E-state index in [0.29, 0.717) is 17.9 Å². The molecule has 2 rings (SSSR count). The fourth-order valence-electron chi connectivity index (χ4n) is 2.39. The number of likely N-dealkylation sites (N-methyl/N-ethyl adjacent to an activating group) is 1. The van der Waals surface area contributed by atoms with Crippen LogP contribution in [0.5, 0.6) is 5.75 Å². The summed E-state index contributed by atoms with van der Waals surface area (Å²) in [6.07, 6.45) is 1.83. The third kappa shape index (κ3) is 3.95. The van der Waals surface area contributed by atoms with Crippen LogP contribution < -0.4 is 4.74 Å². The predicted octanol–water partition coefficient (Wildman–Crippen LogP) is 3.67. The minimum absolute atomic E-state index is 0.568. The van der Waals surface area contributed by atoms with Crippen molar-refractivity contribution in [3.63, 3.8) is 0 Å². The molecule has 3 nitrogen and oxygen atoms in total. The molecule has 0 aliphatic carbocycles. The third-order valence-corrected chi connectivity index (χ3v) is 3.64. The van der Waals surface area contributed by atoms with E-state index >= 15 is 0 Å². The monoisotopic (exact) mass is 297 g/mol. The number of hydrogen-bond donors (Lipinski definition) is 0. The van der Waals surface area contributed by atoms with Crippen molar-refractivity contribution in [2.45, 2.75) is 13.3 Å². The maximum Gasteiger partial charge on any atom is 0.153 e. The lowest BCUT2D eigenvalue weighted by Crippen LogP contribution is -2.19. The molecule has 0 spiro atoms. The number of ether oxygens (including phenoxy) is 1. The topological polar surface area (TPSA) is 29.5 Å². The molecule has 0 fully saturated rings. The standard InChI is InChI=1S/C19H23NO2/c1-4-15-7-5-6-8-18(15)16-9-10-19(17(13-16)14-21)22-12-11-20(2)3/h5-10,13-14H,4,11-12H2,1-3H3. The smallest absolute Gasteiger partial charge is 0.153 e. The number of hydrogen-bond acceptors (Lipinski definition) is 3. The molecule has 0 atom stereocenters. The van der Waals surface area contributed by atoms with E-state index in [1.54, 1.807) is 0 Å². The summed E-state index contributed by atoms with van der Waals surface area (Å²) in [5.41, 5.74) is 4.11. The Morgan fingerprint density at radius 1 is 1.14 bits per heavy atom. The number of aryl methyl sites for hydroxylation is 1. The van der Waals surface area contributed by atoms with Gasteiger partial charge in [0.2, 0.25) is 0 Å². The number of nitrogens with zero attached hydrogens (tertiary/aromatic N) is 1. The molecular formula is C19H23NO2. The zero-order chi connectivity index (χ0) is 15.9. The van der Waals surface area contributed by atoms with E-state index in [4.69, 9.17) is 4.74 Å². The highest BCUT2D eigenvalue weighted by Crippen LogP contribution is 2.28. The van der Waals surface area contributed by atoms with E-state index in [1.807, 2.05) is 49.3 Å². The van der Waals surface area contributed by atoms with Crippen molar-refractivity contribution in [1.82, 2.24) is 4.90 Å². The van der Waals surface area contributed by atoms with Crippen LogP contribution in [0.2, 0.25) is 0 Å². The Balaban J connectivity index is 2.27. The molecular weight excluding hydrogens is 274 g/mol. The summed E-state index contributed by atoms with van der Waals surface area (Å²) >= 11 is 0. The second-order valence-corrected chi connectivity index (χ2v) is 5.53. The van der Waals surface area contributed by atoms with Gasteiger partial charge in [0.25, 0.3) is 0 Å². The Morgan fingerprint density at radius 2 is 1.91 bits per heavy atom. The molecule has 0 heterocycles. The van der Waals surface area contributed by atoms with Gasteiger partial charge in [0, 0.05) is 6.54 Å². The molecule has 0 saturated heterocycles. The van der Waals surface area contributed by atoms with Gasteiger partial charge in [-0.25, -0.2) is 0 Å². The van der Waals surface area contributed by atoms with Gasteiger partial charge >= 0.3 is 0 Å². The van der Waals surface area contributed by atoms with Crippen LogP contribution in [-0.2, 0) is 6.42 Å². The van der Waals surface area contributed by atoms with Crippen molar-refractivity contribution in [2.75, 3.05) is 27.2 Å². The van der Waals surface area contributed by atoms with Gasteiger partial charge in [-0.15, -0.1) is 0 Å². The zero-order valence-electron chi connectivity index (χ0n) is 13.5. The van der Waals surface area contributed by atoms with Gasteiger partial charge in [0.05, 0.1) is 5.56 Å². The molecule has 22 heavy (non-hydrogen) atoms. The van der Waals surface area contributed by atoms with Gasteiger partial charge in [-0.2, -0.15) is 0 Å². The lowest BCUT2D eigenvalue weighted by atomic mass is 9.97. The lowest BCUT2D eigenvalue weighted by Gasteiger charge is -2.14. The molecule has 116 valence electrons. The first-order valence-electron chi connectivity index (χ1n) is 7.60. The van der Waals surface area contributed by atoms with Gasteiger partial charge in [0.15, 0.2) is 6.29 Å². The summed E-state index contributed by atoms with van der Waals surface area (Å²) < 4.78 is 5.71.